The summed E-state index contributed by atoms with van der Waals surface area (Å²) in [7, 11) is 0. The first-order valence-corrected chi connectivity index (χ1v) is 11.1. The van der Waals surface area contributed by atoms with E-state index in [0.717, 1.165) is 0 Å². The fourth-order valence-electron chi connectivity index (χ4n) is 4.18. The van der Waals surface area contributed by atoms with Gasteiger partial charge in [-0.3, -0.25) is 0 Å². The van der Waals surface area contributed by atoms with Gasteiger partial charge in [-0.1, -0.05) is 43.3 Å². The number of carbonyl (C=O) groups excluding carboxylic acids is 2. The van der Waals surface area contributed by atoms with E-state index in [-0.39, 0.29) is 18.3 Å². The molecule has 0 aliphatic carbocycles. The molecule has 10 heteroatoms. The zero-order valence-corrected chi connectivity index (χ0v) is 18.9. The summed E-state index contributed by atoms with van der Waals surface area (Å²) >= 11 is 0. The van der Waals surface area contributed by atoms with Gasteiger partial charge in [-0.05, 0) is 24.3 Å². The predicted octanol–water partition coefficient (Wildman–Crippen LogP) is 2.87. The van der Waals surface area contributed by atoms with E-state index in [1.54, 1.807) is 59.2 Å². The number of anilines is 1. The highest BCUT2D eigenvalue weighted by atomic mass is 16.6. The highest BCUT2D eigenvalue weighted by Crippen LogP contribution is 2.40. The molecule has 1 aliphatic rings. The molecule has 178 valence electrons. The molecule has 0 saturated carbocycles. The van der Waals surface area contributed by atoms with Crippen LogP contribution < -0.4 is 5.73 Å². The molecular weight excluding hydrogens is 450 g/mol. The van der Waals surface area contributed by atoms with Crippen molar-refractivity contribution < 1.29 is 23.8 Å². The lowest BCUT2D eigenvalue weighted by molar-refractivity contribution is -0.0437. The average molecular weight is 473 g/mol. The first-order valence-electron chi connectivity index (χ1n) is 11.1. The van der Waals surface area contributed by atoms with Crippen LogP contribution >= 0.6 is 0 Å². The van der Waals surface area contributed by atoms with Gasteiger partial charge < -0.3 is 19.9 Å². The molecule has 2 N–H and O–H groups in total. The van der Waals surface area contributed by atoms with E-state index >= 15 is 0 Å². The van der Waals surface area contributed by atoms with Crippen molar-refractivity contribution in [3.8, 4) is 0 Å². The Hall–Kier alpha value is -4.31. The van der Waals surface area contributed by atoms with Gasteiger partial charge in [-0.2, -0.15) is 5.10 Å². The van der Waals surface area contributed by atoms with Crippen molar-refractivity contribution in [3.05, 3.63) is 90.0 Å². The van der Waals surface area contributed by atoms with E-state index in [0.29, 0.717) is 22.5 Å². The van der Waals surface area contributed by atoms with Crippen LogP contribution in [0.15, 0.2) is 73.2 Å². The molecule has 35 heavy (non-hydrogen) atoms. The standard InChI is InChI=1S/C25H23N5O5/c1-15-20(18-12-27-23-22(26)28-14-29-30(18)23)34-19(13-33-24(31)16-8-4-2-5-9-16)21(15)35-25(32)17-10-6-3-7-11-17/h2-12,14-15,19-21H,13H2,1H3,(H2,26,28,29)/t15-,19-,20-,21+/m1/s1. The van der Waals surface area contributed by atoms with Crippen molar-refractivity contribution in [2.75, 3.05) is 12.3 Å². The molecule has 0 spiro atoms. The summed E-state index contributed by atoms with van der Waals surface area (Å²) in [5.41, 5.74) is 7.78. The maximum atomic E-state index is 12.9. The van der Waals surface area contributed by atoms with Gasteiger partial charge in [0.15, 0.2) is 11.5 Å². The van der Waals surface area contributed by atoms with Gasteiger partial charge in [-0.25, -0.2) is 24.1 Å². The second kappa shape index (κ2) is 9.51. The molecule has 0 radical (unpaired) electrons. The molecule has 1 saturated heterocycles. The predicted molar refractivity (Wildman–Crippen MR) is 124 cm³/mol. The third-order valence-electron chi connectivity index (χ3n) is 5.97. The summed E-state index contributed by atoms with van der Waals surface area (Å²) in [4.78, 5) is 33.7. The topological polar surface area (TPSA) is 131 Å². The quantitative estimate of drug-likeness (QED) is 0.420. The minimum atomic E-state index is -0.708. The number of rotatable bonds is 6. The lowest BCUT2D eigenvalue weighted by atomic mass is 9.96. The van der Waals surface area contributed by atoms with Gasteiger partial charge in [-0.15, -0.1) is 0 Å². The van der Waals surface area contributed by atoms with E-state index in [4.69, 9.17) is 19.9 Å². The maximum absolute atomic E-state index is 12.9. The summed E-state index contributed by atoms with van der Waals surface area (Å²) in [5, 5.41) is 4.24. The van der Waals surface area contributed by atoms with E-state index in [1.807, 2.05) is 19.1 Å². The minimum absolute atomic E-state index is 0.102. The molecule has 2 aromatic heterocycles. The molecule has 2 aromatic carbocycles. The smallest absolute Gasteiger partial charge is 0.338 e. The van der Waals surface area contributed by atoms with Gasteiger partial charge in [0.1, 0.15) is 31.2 Å². The molecular formula is C25H23N5O5. The van der Waals surface area contributed by atoms with Crippen molar-refractivity contribution >= 4 is 23.4 Å². The largest absolute Gasteiger partial charge is 0.459 e. The number of nitrogens with zero attached hydrogens (tertiary/aromatic N) is 4. The molecule has 5 rings (SSSR count). The number of hydrogen-bond donors (Lipinski definition) is 1. The SMILES string of the molecule is C[C@H]1[C@H](OC(=O)c2ccccc2)[C@@H](COC(=O)c2ccccc2)O[C@H]1c1cnc2c(N)ncnn12. The normalized spacial score (nSPS) is 21.6. The Morgan fingerprint density at radius 3 is 2.34 bits per heavy atom. The van der Waals surface area contributed by atoms with Crippen LogP contribution in [0.3, 0.4) is 0 Å². The van der Waals surface area contributed by atoms with Crippen molar-refractivity contribution in [1.82, 2.24) is 19.6 Å². The van der Waals surface area contributed by atoms with Crippen LogP contribution in [0.2, 0.25) is 0 Å². The monoisotopic (exact) mass is 473 g/mol. The number of ether oxygens (including phenoxy) is 3. The molecule has 1 aliphatic heterocycles. The molecule has 1 fully saturated rings. The lowest BCUT2D eigenvalue weighted by Gasteiger charge is -2.21. The number of hydrogen-bond acceptors (Lipinski definition) is 9. The highest BCUT2D eigenvalue weighted by Gasteiger charge is 2.47. The third-order valence-corrected chi connectivity index (χ3v) is 5.97. The molecule has 10 nitrogen and oxygen atoms in total. The van der Waals surface area contributed by atoms with Gasteiger partial charge in [0, 0.05) is 5.92 Å². The Morgan fingerprint density at radius 2 is 1.66 bits per heavy atom. The zero-order chi connectivity index (χ0) is 24.4. The van der Waals surface area contributed by atoms with Gasteiger partial charge in [0.25, 0.3) is 0 Å². The Bertz CT molecular complexity index is 1340. The number of nitrogen functional groups attached to an aromatic ring is 1. The fourth-order valence-corrected chi connectivity index (χ4v) is 4.18. The van der Waals surface area contributed by atoms with Crippen molar-refractivity contribution in [2.24, 2.45) is 5.92 Å². The average Bonchev–Trinajstić information content (AvgIpc) is 3.45. The molecule has 4 aromatic rings. The Labute approximate surface area is 200 Å². The summed E-state index contributed by atoms with van der Waals surface area (Å²) in [6.45, 7) is 1.80. The minimum Gasteiger partial charge on any atom is -0.459 e. The van der Waals surface area contributed by atoms with E-state index in [1.165, 1.54) is 6.33 Å². The maximum Gasteiger partial charge on any atom is 0.338 e. The van der Waals surface area contributed by atoms with Gasteiger partial charge >= 0.3 is 11.9 Å². The van der Waals surface area contributed by atoms with E-state index in [9.17, 15) is 9.59 Å². The van der Waals surface area contributed by atoms with Crippen molar-refractivity contribution in [2.45, 2.75) is 25.2 Å². The molecule has 0 amide bonds. The van der Waals surface area contributed by atoms with Crippen LogP contribution in [-0.2, 0) is 14.2 Å². The second-order valence-corrected chi connectivity index (χ2v) is 8.22. The van der Waals surface area contributed by atoms with Crippen LogP contribution in [0, 0.1) is 5.92 Å². The fraction of sp³-hybridized carbons (Fsp3) is 0.240. The first-order chi connectivity index (χ1) is 17.0. The van der Waals surface area contributed by atoms with Crippen molar-refractivity contribution in [3.63, 3.8) is 0 Å². The number of imidazole rings is 1. The number of benzene rings is 2. The Kier molecular flexibility index (Phi) is 6.11. The highest BCUT2D eigenvalue weighted by molar-refractivity contribution is 5.90. The van der Waals surface area contributed by atoms with Crippen LogP contribution in [0.25, 0.3) is 5.65 Å². The number of esters is 2. The Balaban J connectivity index is 1.40. The zero-order valence-electron chi connectivity index (χ0n) is 18.9. The van der Waals surface area contributed by atoms with Crippen molar-refractivity contribution in [1.29, 1.82) is 0 Å². The second-order valence-electron chi connectivity index (χ2n) is 8.22. The number of fused-ring (bicyclic) bond motifs is 1. The van der Waals surface area contributed by atoms with Gasteiger partial charge in [0.05, 0.1) is 23.0 Å². The Morgan fingerprint density at radius 1 is 1.00 bits per heavy atom. The van der Waals surface area contributed by atoms with Crippen LogP contribution in [0.1, 0.15) is 39.4 Å². The molecule has 4 atom stereocenters. The summed E-state index contributed by atoms with van der Waals surface area (Å²) in [6.07, 6.45) is 0.990. The lowest BCUT2D eigenvalue weighted by Crippen LogP contribution is -2.35. The summed E-state index contributed by atoms with van der Waals surface area (Å²) < 4.78 is 19.2. The van der Waals surface area contributed by atoms with E-state index < -0.39 is 30.3 Å². The summed E-state index contributed by atoms with van der Waals surface area (Å²) in [5.74, 6) is -1.05. The van der Waals surface area contributed by atoms with E-state index in [2.05, 4.69) is 15.1 Å². The van der Waals surface area contributed by atoms with Crippen LogP contribution in [0.4, 0.5) is 5.82 Å². The number of aromatic nitrogens is 4. The van der Waals surface area contributed by atoms with Gasteiger partial charge in [0.2, 0.25) is 0 Å². The first kappa shape index (κ1) is 22.5. The number of nitrogens with two attached hydrogens (primary N) is 1. The summed E-state index contributed by atoms with van der Waals surface area (Å²) in [6, 6.07) is 17.3. The number of carbonyl (C=O) groups is 2. The molecule has 0 unspecified atom stereocenters. The molecule has 0 bridgehead atoms. The van der Waals surface area contributed by atoms with Crippen LogP contribution in [-0.4, -0.2) is 50.3 Å². The third kappa shape index (κ3) is 4.43. The van der Waals surface area contributed by atoms with Crippen LogP contribution in [0.5, 0.6) is 0 Å². The molecule has 3 heterocycles.